The molecule has 0 unspecified atom stereocenters. The van der Waals surface area contributed by atoms with Crippen LogP contribution in [0.2, 0.25) is 0 Å². The summed E-state index contributed by atoms with van der Waals surface area (Å²) in [6.07, 6.45) is 1.34. The Balaban J connectivity index is 1.61. The highest BCUT2D eigenvalue weighted by atomic mass is 32.2. The minimum atomic E-state index is -0.128. The second kappa shape index (κ2) is 7.35. The molecule has 3 aromatic rings. The van der Waals surface area contributed by atoms with Gasteiger partial charge in [0.05, 0.1) is 6.61 Å². The average Bonchev–Trinajstić information content (AvgIpc) is 3.01. The Bertz CT molecular complexity index is 768. The first-order valence-electron chi connectivity index (χ1n) is 7.24. The van der Waals surface area contributed by atoms with Gasteiger partial charge in [0.1, 0.15) is 18.1 Å². The van der Waals surface area contributed by atoms with Crippen LogP contribution in [-0.4, -0.2) is 10.1 Å². The number of rotatable bonds is 6. The van der Waals surface area contributed by atoms with E-state index < -0.39 is 0 Å². The zero-order valence-corrected chi connectivity index (χ0v) is 13.5. The van der Waals surface area contributed by atoms with Crippen molar-refractivity contribution in [2.24, 2.45) is 0 Å². The van der Waals surface area contributed by atoms with Crippen LogP contribution in [0.25, 0.3) is 0 Å². The lowest BCUT2D eigenvalue weighted by Gasteiger charge is -2.07. The number of nitrogens with zero attached hydrogens (tertiary/aromatic N) is 1. The van der Waals surface area contributed by atoms with Crippen LogP contribution in [0.15, 0.2) is 69.3 Å². The Morgan fingerprint density at radius 1 is 1.17 bits per heavy atom. The van der Waals surface area contributed by atoms with Crippen LogP contribution < -0.4 is 4.74 Å². The maximum atomic E-state index is 9.17. The second-order valence-electron chi connectivity index (χ2n) is 5.10. The van der Waals surface area contributed by atoms with Crippen molar-refractivity contribution in [2.75, 3.05) is 0 Å². The van der Waals surface area contributed by atoms with Gasteiger partial charge in [0.2, 0.25) is 0 Å². The largest absolute Gasteiger partial charge is 0.489 e. The molecule has 23 heavy (non-hydrogen) atoms. The molecular formula is C18H17NO3S. The van der Waals surface area contributed by atoms with Crippen molar-refractivity contribution in [1.82, 2.24) is 4.98 Å². The third-order valence-electron chi connectivity index (χ3n) is 3.28. The molecule has 2 aromatic carbocycles. The van der Waals surface area contributed by atoms with Crippen LogP contribution in [0.4, 0.5) is 0 Å². The van der Waals surface area contributed by atoms with E-state index in [2.05, 4.69) is 30.1 Å². The molecule has 1 heterocycles. The van der Waals surface area contributed by atoms with Crippen molar-refractivity contribution >= 4 is 11.8 Å². The Morgan fingerprint density at radius 3 is 2.74 bits per heavy atom. The van der Waals surface area contributed by atoms with E-state index in [0.717, 1.165) is 16.2 Å². The average molecular weight is 327 g/mol. The van der Waals surface area contributed by atoms with Crippen LogP contribution in [0.3, 0.4) is 0 Å². The SMILES string of the molecule is Cc1cccc(COc2ccc(Sc3ocnc3CO)cc2)c1. The first-order valence-corrected chi connectivity index (χ1v) is 8.06. The van der Waals surface area contributed by atoms with Gasteiger partial charge < -0.3 is 14.3 Å². The summed E-state index contributed by atoms with van der Waals surface area (Å²) in [5.74, 6) is 0.816. The smallest absolute Gasteiger partial charge is 0.190 e. The number of oxazole rings is 1. The van der Waals surface area contributed by atoms with E-state index in [0.29, 0.717) is 17.4 Å². The van der Waals surface area contributed by atoms with Gasteiger partial charge >= 0.3 is 0 Å². The van der Waals surface area contributed by atoms with Crippen molar-refractivity contribution in [2.45, 2.75) is 30.1 Å². The van der Waals surface area contributed by atoms with Gasteiger partial charge in [-0.1, -0.05) is 29.8 Å². The molecule has 4 nitrogen and oxygen atoms in total. The summed E-state index contributed by atoms with van der Waals surface area (Å²) in [4.78, 5) is 4.96. The van der Waals surface area contributed by atoms with Crippen LogP contribution in [0.5, 0.6) is 5.75 Å². The standard InChI is InChI=1S/C18H17NO3S/c1-13-3-2-4-14(9-13)11-21-15-5-7-16(8-6-15)23-18-17(10-20)19-12-22-18/h2-9,12,20H,10-11H2,1H3. The summed E-state index contributed by atoms with van der Waals surface area (Å²) < 4.78 is 11.1. The lowest BCUT2D eigenvalue weighted by atomic mass is 10.1. The molecule has 0 radical (unpaired) electrons. The van der Waals surface area contributed by atoms with E-state index in [-0.39, 0.29) is 6.61 Å². The molecule has 1 aromatic heterocycles. The van der Waals surface area contributed by atoms with Crippen molar-refractivity contribution in [3.63, 3.8) is 0 Å². The number of ether oxygens (including phenoxy) is 1. The second-order valence-corrected chi connectivity index (χ2v) is 6.14. The maximum Gasteiger partial charge on any atom is 0.190 e. The highest BCUT2D eigenvalue weighted by molar-refractivity contribution is 7.99. The first-order chi connectivity index (χ1) is 11.2. The fraction of sp³-hybridized carbons (Fsp3) is 0.167. The lowest BCUT2D eigenvalue weighted by molar-refractivity contribution is 0.270. The highest BCUT2D eigenvalue weighted by Gasteiger charge is 2.09. The molecule has 0 spiro atoms. The third-order valence-corrected chi connectivity index (χ3v) is 4.30. The number of aryl methyl sites for hydroxylation is 1. The van der Waals surface area contributed by atoms with Gasteiger partial charge in [-0.25, -0.2) is 4.98 Å². The molecular weight excluding hydrogens is 310 g/mol. The third kappa shape index (κ3) is 4.15. The number of hydrogen-bond acceptors (Lipinski definition) is 5. The molecule has 0 aliphatic rings. The van der Waals surface area contributed by atoms with Gasteiger partial charge in [-0.15, -0.1) is 0 Å². The number of aliphatic hydroxyl groups excluding tert-OH is 1. The molecule has 0 bridgehead atoms. The van der Waals surface area contributed by atoms with E-state index in [9.17, 15) is 5.11 Å². The molecule has 0 saturated carbocycles. The summed E-state index contributed by atoms with van der Waals surface area (Å²) in [6.45, 7) is 2.49. The molecule has 0 amide bonds. The van der Waals surface area contributed by atoms with Gasteiger partial charge in [0.25, 0.3) is 0 Å². The number of hydrogen-bond donors (Lipinski definition) is 1. The molecule has 0 fully saturated rings. The van der Waals surface area contributed by atoms with Crippen LogP contribution in [0.1, 0.15) is 16.8 Å². The summed E-state index contributed by atoms with van der Waals surface area (Å²) in [5, 5.41) is 9.78. The van der Waals surface area contributed by atoms with Crippen molar-refractivity contribution in [3.05, 3.63) is 71.7 Å². The Labute approximate surface area is 139 Å². The summed E-state index contributed by atoms with van der Waals surface area (Å²) in [6, 6.07) is 16.0. The fourth-order valence-corrected chi connectivity index (χ4v) is 2.94. The quantitative estimate of drug-likeness (QED) is 0.735. The van der Waals surface area contributed by atoms with Crippen molar-refractivity contribution < 1.29 is 14.3 Å². The summed E-state index contributed by atoms with van der Waals surface area (Å²) in [7, 11) is 0. The molecule has 0 aliphatic heterocycles. The molecule has 118 valence electrons. The number of aromatic nitrogens is 1. The molecule has 1 N–H and O–H groups in total. The predicted molar refractivity (Wildman–Crippen MR) is 88.5 cm³/mol. The molecule has 5 heteroatoms. The Morgan fingerprint density at radius 2 is 2.00 bits per heavy atom. The van der Waals surface area contributed by atoms with Crippen LogP contribution in [-0.2, 0) is 13.2 Å². The van der Waals surface area contributed by atoms with Crippen LogP contribution in [0, 0.1) is 6.92 Å². The van der Waals surface area contributed by atoms with Gasteiger partial charge in [-0.05, 0) is 48.5 Å². The summed E-state index contributed by atoms with van der Waals surface area (Å²) in [5.41, 5.74) is 2.93. The monoisotopic (exact) mass is 327 g/mol. The molecule has 0 aliphatic carbocycles. The van der Waals surface area contributed by atoms with E-state index in [1.807, 2.05) is 30.3 Å². The number of benzene rings is 2. The lowest BCUT2D eigenvalue weighted by Crippen LogP contribution is -1.95. The zero-order chi connectivity index (χ0) is 16.1. The Kier molecular flexibility index (Phi) is 5.00. The van der Waals surface area contributed by atoms with Crippen LogP contribution >= 0.6 is 11.8 Å². The van der Waals surface area contributed by atoms with Crippen molar-refractivity contribution in [1.29, 1.82) is 0 Å². The Hall–Kier alpha value is -2.24. The normalized spacial score (nSPS) is 10.7. The fourth-order valence-electron chi connectivity index (χ4n) is 2.13. The molecule has 3 rings (SSSR count). The maximum absolute atomic E-state index is 9.17. The molecule has 0 saturated heterocycles. The zero-order valence-electron chi connectivity index (χ0n) is 12.7. The summed E-state index contributed by atoms with van der Waals surface area (Å²) >= 11 is 1.43. The van der Waals surface area contributed by atoms with E-state index in [1.165, 1.54) is 23.7 Å². The topological polar surface area (TPSA) is 55.5 Å². The van der Waals surface area contributed by atoms with Gasteiger partial charge in [0.15, 0.2) is 11.5 Å². The van der Waals surface area contributed by atoms with Gasteiger partial charge in [-0.2, -0.15) is 0 Å². The van der Waals surface area contributed by atoms with Gasteiger partial charge in [0, 0.05) is 4.90 Å². The van der Waals surface area contributed by atoms with E-state index in [1.54, 1.807) is 0 Å². The minimum absolute atomic E-state index is 0.128. The molecule has 0 atom stereocenters. The number of aliphatic hydroxyl groups is 1. The van der Waals surface area contributed by atoms with Gasteiger partial charge in [-0.3, -0.25) is 0 Å². The first kappa shape index (κ1) is 15.6. The van der Waals surface area contributed by atoms with E-state index >= 15 is 0 Å². The minimum Gasteiger partial charge on any atom is -0.489 e. The van der Waals surface area contributed by atoms with Crippen molar-refractivity contribution in [3.8, 4) is 5.75 Å². The highest BCUT2D eigenvalue weighted by Crippen LogP contribution is 2.31. The van der Waals surface area contributed by atoms with E-state index in [4.69, 9.17) is 9.15 Å². The predicted octanol–water partition coefficient (Wildman–Crippen LogP) is 4.21.